The zero-order chi connectivity index (χ0) is 23.4. The first-order chi connectivity index (χ1) is 15.9. The lowest BCUT2D eigenvalue weighted by Gasteiger charge is -2.13. The van der Waals surface area contributed by atoms with E-state index in [-0.39, 0.29) is 24.4 Å². The quantitative estimate of drug-likeness (QED) is 0.439. The fourth-order valence-corrected chi connectivity index (χ4v) is 4.03. The number of aromatic amines is 1. The molecule has 2 heterocycles. The zero-order valence-corrected chi connectivity index (χ0v) is 19.0. The predicted molar refractivity (Wildman–Crippen MR) is 127 cm³/mol. The second-order valence-electron chi connectivity index (χ2n) is 8.53. The van der Waals surface area contributed by atoms with Crippen LogP contribution in [0, 0.1) is 0 Å². The Hall–Kier alpha value is -3.65. The van der Waals surface area contributed by atoms with E-state index in [4.69, 9.17) is 0 Å². The van der Waals surface area contributed by atoms with Gasteiger partial charge in [-0.15, -0.1) is 0 Å². The van der Waals surface area contributed by atoms with Gasteiger partial charge in [-0.05, 0) is 55.8 Å². The van der Waals surface area contributed by atoms with Crippen LogP contribution in [0.15, 0.2) is 48.5 Å². The van der Waals surface area contributed by atoms with E-state index in [2.05, 4.69) is 26.6 Å². The smallest absolute Gasteiger partial charge is 0.324 e. The van der Waals surface area contributed by atoms with Gasteiger partial charge < -0.3 is 20.5 Å². The Bertz CT molecular complexity index is 1150. The van der Waals surface area contributed by atoms with Crippen molar-refractivity contribution >= 4 is 28.7 Å². The van der Waals surface area contributed by atoms with E-state index in [1.54, 1.807) is 0 Å². The zero-order valence-electron chi connectivity index (χ0n) is 19.0. The molecule has 0 atom stereocenters. The number of hydrogen-bond acceptors (Lipinski definition) is 4. The van der Waals surface area contributed by atoms with Crippen LogP contribution in [0.2, 0.25) is 0 Å². The predicted octanol–water partition coefficient (Wildman–Crippen LogP) is 2.30. The van der Waals surface area contributed by atoms with Crippen LogP contribution in [0.5, 0.6) is 0 Å². The van der Waals surface area contributed by atoms with Crippen molar-refractivity contribution < 1.29 is 14.4 Å². The number of amides is 4. The van der Waals surface area contributed by atoms with E-state index in [0.29, 0.717) is 25.2 Å². The highest BCUT2D eigenvalue weighted by molar-refractivity contribution is 6.02. The number of likely N-dealkylation sites (N-methyl/N-ethyl adjacent to an activating group) is 1. The minimum absolute atomic E-state index is 0.0613. The highest BCUT2D eigenvalue weighted by atomic mass is 16.2. The molecule has 1 aromatic heterocycles. The molecule has 1 fully saturated rings. The number of fused-ring (bicyclic) bond motifs is 1. The molecule has 33 heavy (non-hydrogen) atoms. The number of rotatable bonds is 9. The Kier molecular flexibility index (Phi) is 6.74. The van der Waals surface area contributed by atoms with Crippen LogP contribution >= 0.6 is 0 Å². The summed E-state index contributed by atoms with van der Waals surface area (Å²) in [5.41, 5.74) is 4.50. The molecule has 8 nitrogen and oxygen atoms in total. The first kappa shape index (κ1) is 22.5. The van der Waals surface area contributed by atoms with E-state index in [9.17, 15) is 14.4 Å². The summed E-state index contributed by atoms with van der Waals surface area (Å²) in [4.78, 5) is 43.4. The molecule has 0 saturated carbocycles. The van der Waals surface area contributed by atoms with E-state index >= 15 is 0 Å². The van der Waals surface area contributed by atoms with E-state index in [1.807, 2.05) is 56.6 Å². The number of benzene rings is 2. The molecule has 3 aromatic rings. The fourth-order valence-electron chi connectivity index (χ4n) is 4.03. The maximum atomic E-state index is 13.1. The van der Waals surface area contributed by atoms with Crippen LogP contribution in [0.3, 0.4) is 0 Å². The molecule has 4 amide bonds. The molecule has 172 valence electrons. The number of urea groups is 1. The molecule has 8 heteroatoms. The molecule has 0 spiro atoms. The summed E-state index contributed by atoms with van der Waals surface area (Å²) in [5.74, 6) is -0.337. The van der Waals surface area contributed by atoms with Gasteiger partial charge in [0.25, 0.3) is 5.91 Å². The summed E-state index contributed by atoms with van der Waals surface area (Å²) in [6, 6.07) is 15.5. The van der Waals surface area contributed by atoms with Crippen molar-refractivity contribution in [1.82, 2.24) is 25.4 Å². The SMILES string of the molecule is CN(C)CCc1c(C(=O)NCc2ccccc2)[nH]c2ccc(CCN3C(=O)CNC3=O)cc12. The average Bonchev–Trinajstić information content (AvgIpc) is 3.34. The van der Waals surface area contributed by atoms with Crippen LogP contribution < -0.4 is 10.6 Å². The van der Waals surface area contributed by atoms with Gasteiger partial charge in [-0.2, -0.15) is 0 Å². The first-order valence-electron chi connectivity index (χ1n) is 11.1. The van der Waals surface area contributed by atoms with Crippen molar-refractivity contribution in [2.45, 2.75) is 19.4 Å². The molecule has 1 aliphatic heterocycles. The van der Waals surface area contributed by atoms with Crippen molar-refractivity contribution in [1.29, 1.82) is 0 Å². The summed E-state index contributed by atoms with van der Waals surface area (Å²) in [6.07, 6.45) is 1.28. The van der Waals surface area contributed by atoms with Gasteiger partial charge in [-0.25, -0.2) is 4.79 Å². The lowest BCUT2D eigenvalue weighted by atomic mass is 10.0. The molecule has 1 saturated heterocycles. The van der Waals surface area contributed by atoms with Gasteiger partial charge in [0.15, 0.2) is 0 Å². The summed E-state index contributed by atoms with van der Waals surface area (Å²) in [5, 5.41) is 6.56. The molecule has 0 bridgehead atoms. The lowest BCUT2D eigenvalue weighted by molar-refractivity contribution is -0.124. The normalized spacial score (nSPS) is 13.7. The maximum Gasteiger partial charge on any atom is 0.324 e. The molecular formula is C25H29N5O3. The third-order valence-electron chi connectivity index (χ3n) is 5.86. The second kappa shape index (κ2) is 9.87. The van der Waals surface area contributed by atoms with Crippen molar-refractivity contribution in [3.63, 3.8) is 0 Å². The number of H-pyrrole nitrogens is 1. The van der Waals surface area contributed by atoms with Crippen LogP contribution in [-0.2, 0) is 24.2 Å². The van der Waals surface area contributed by atoms with Crippen LogP contribution in [0.1, 0.15) is 27.2 Å². The third-order valence-corrected chi connectivity index (χ3v) is 5.86. The van der Waals surface area contributed by atoms with Gasteiger partial charge in [0.2, 0.25) is 5.91 Å². The molecular weight excluding hydrogens is 418 g/mol. The van der Waals surface area contributed by atoms with E-state index in [1.165, 1.54) is 4.90 Å². The highest BCUT2D eigenvalue weighted by Crippen LogP contribution is 2.25. The lowest BCUT2D eigenvalue weighted by Crippen LogP contribution is -2.32. The Morgan fingerprint density at radius 1 is 1.06 bits per heavy atom. The molecule has 0 aliphatic carbocycles. The van der Waals surface area contributed by atoms with E-state index < -0.39 is 0 Å². The largest absolute Gasteiger partial charge is 0.350 e. The van der Waals surface area contributed by atoms with Crippen LogP contribution in [0.4, 0.5) is 4.79 Å². The Labute approximate surface area is 192 Å². The van der Waals surface area contributed by atoms with E-state index in [0.717, 1.165) is 40.6 Å². The number of aromatic nitrogens is 1. The van der Waals surface area contributed by atoms with Crippen LogP contribution in [0.25, 0.3) is 10.9 Å². The fraction of sp³-hybridized carbons (Fsp3) is 0.320. The molecule has 1 aliphatic rings. The van der Waals surface area contributed by atoms with Crippen molar-refractivity contribution in [3.8, 4) is 0 Å². The second-order valence-corrected chi connectivity index (χ2v) is 8.53. The molecule has 2 aromatic carbocycles. The Morgan fingerprint density at radius 3 is 2.55 bits per heavy atom. The summed E-state index contributed by atoms with van der Waals surface area (Å²) >= 11 is 0. The molecule has 0 radical (unpaired) electrons. The van der Waals surface area contributed by atoms with Gasteiger partial charge in [0.1, 0.15) is 5.69 Å². The molecule has 3 N–H and O–H groups in total. The van der Waals surface area contributed by atoms with Gasteiger partial charge in [-0.1, -0.05) is 36.4 Å². The minimum Gasteiger partial charge on any atom is -0.350 e. The summed E-state index contributed by atoms with van der Waals surface area (Å²) in [6.45, 7) is 1.65. The van der Waals surface area contributed by atoms with Crippen molar-refractivity contribution in [2.24, 2.45) is 0 Å². The third kappa shape index (κ3) is 5.23. The van der Waals surface area contributed by atoms with Crippen molar-refractivity contribution in [2.75, 3.05) is 33.7 Å². The number of nitrogens with zero attached hydrogens (tertiary/aromatic N) is 2. The minimum atomic E-state index is -0.341. The van der Waals surface area contributed by atoms with Crippen LogP contribution in [-0.4, -0.2) is 66.4 Å². The van der Waals surface area contributed by atoms with Gasteiger partial charge in [0.05, 0.1) is 6.54 Å². The first-order valence-corrected chi connectivity index (χ1v) is 11.1. The number of nitrogens with one attached hydrogen (secondary N) is 3. The number of imide groups is 1. The van der Waals surface area contributed by atoms with Gasteiger partial charge in [0, 0.05) is 30.5 Å². The number of hydrogen-bond donors (Lipinski definition) is 3. The Morgan fingerprint density at radius 2 is 1.85 bits per heavy atom. The topological polar surface area (TPSA) is 97.5 Å². The number of carbonyl (C=O) groups excluding carboxylic acids is 3. The standard InChI is InChI=1S/C25H29N5O3/c1-29(2)12-11-19-20-14-17(10-13-30-22(31)16-27-25(30)33)8-9-21(20)28-23(19)24(32)26-15-18-6-4-3-5-7-18/h3-9,14,28H,10-13,15-16H2,1-2H3,(H,26,32)(H,27,33). The Balaban J connectivity index is 1.56. The summed E-state index contributed by atoms with van der Waals surface area (Å²) < 4.78 is 0. The van der Waals surface area contributed by atoms with Gasteiger partial charge in [-0.3, -0.25) is 14.5 Å². The monoisotopic (exact) mass is 447 g/mol. The molecule has 4 rings (SSSR count). The summed E-state index contributed by atoms with van der Waals surface area (Å²) in [7, 11) is 4.01. The van der Waals surface area contributed by atoms with Gasteiger partial charge >= 0.3 is 6.03 Å². The maximum absolute atomic E-state index is 13.1. The van der Waals surface area contributed by atoms with Crippen molar-refractivity contribution in [3.05, 3.63) is 70.9 Å². The molecule has 0 unspecified atom stereocenters. The highest BCUT2D eigenvalue weighted by Gasteiger charge is 2.27. The average molecular weight is 448 g/mol. The number of carbonyl (C=O) groups is 3.